The largest absolute Gasteiger partial charge is 0.497 e. The molecular weight excluding hydrogens is 484 g/mol. The maximum atomic E-state index is 14.3. The third-order valence-electron chi connectivity index (χ3n) is 7.28. The van der Waals surface area contributed by atoms with Crippen LogP contribution in [0.15, 0.2) is 84.9 Å². The van der Waals surface area contributed by atoms with E-state index in [1.165, 1.54) is 14.2 Å². The second kappa shape index (κ2) is 10.0. The minimum Gasteiger partial charge on any atom is -0.497 e. The van der Waals surface area contributed by atoms with E-state index < -0.39 is 29.4 Å². The van der Waals surface area contributed by atoms with Crippen molar-refractivity contribution in [2.75, 3.05) is 26.3 Å². The van der Waals surface area contributed by atoms with Crippen molar-refractivity contribution in [1.82, 2.24) is 5.01 Å². The van der Waals surface area contributed by atoms with Gasteiger partial charge in [-0.2, -0.15) is 0 Å². The van der Waals surface area contributed by atoms with Crippen LogP contribution in [-0.4, -0.2) is 50.2 Å². The molecule has 0 saturated carbocycles. The summed E-state index contributed by atoms with van der Waals surface area (Å²) in [6.07, 6.45) is 3.59. The number of carbonyl (C=O) groups is 3. The van der Waals surface area contributed by atoms with E-state index in [1.807, 2.05) is 60.7 Å². The summed E-state index contributed by atoms with van der Waals surface area (Å²) in [5.41, 5.74) is 0.983. The van der Waals surface area contributed by atoms with Crippen molar-refractivity contribution in [3.8, 4) is 5.75 Å². The first-order chi connectivity index (χ1) is 18.5. The fourth-order valence-electron chi connectivity index (χ4n) is 5.44. The first kappa shape index (κ1) is 25.1. The highest BCUT2D eigenvalue weighted by molar-refractivity contribution is 6.04. The molecule has 0 radical (unpaired) electrons. The summed E-state index contributed by atoms with van der Waals surface area (Å²) >= 11 is 0. The van der Waals surface area contributed by atoms with Crippen LogP contribution in [0.3, 0.4) is 0 Å². The van der Waals surface area contributed by atoms with E-state index in [9.17, 15) is 14.4 Å². The molecule has 2 aliphatic rings. The van der Waals surface area contributed by atoms with E-state index in [0.717, 1.165) is 11.1 Å². The van der Waals surface area contributed by atoms with Crippen LogP contribution in [0.5, 0.6) is 5.75 Å². The van der Waals surface area contributed by atoms with Crippen LogP contribution in [0.1, 0.15) is 33.9 Å². The van der Waals surface area contributed by atoms with Crippen molar-refractivity contribution in [2.24, 2.45) is 5.41 Å². The van der Waals surface area contributed by atoms with Crippen LogP contribution in [0.25, 0.3) is 6.08 Å². The molecule has 8 nitrogen and oxygen atoms in total. The van der Waals surface area contributed by atoms with E-state index in [1.54, 1.807) is 47.5 Å². The molecule has 5 rings (SSSR count). The van der Waals surface area contributed by atoms with E-state index in [0.29, 0.717) is 17.0 Å². The zero-order valence-corrected chi connectivity index (χ0v) is 21.4. The van der Waals surface area contributed by atoms with Crippen LogP contribution in [-0.2, 0) is 19.1 Å². The Morgan fingerprint density at radius 1 is 0.816 bits per heavy atom. The number of hydrogen-bond acceptors (Lipinski definition) is 7. The van der Waals surface area contributed by atoms with E-state index in [4.69, 9.17) is 14.2 Å². The average Bonchev–Trinajstić information content (AvgIpc) is 2.99. The number of amides is 1. The lowest BCUT2D eigenvalue weighted by molar-refractivity contribution is -0.175. The highest BCUT2D eigenvalue weighted by Gasteiger charge is 2.63. The number of benzene rings is 3. The molecule has 0 spiro atoms. The molecule has 3 aromatic carbocycles. The summed E-state index contributed by atoms with van der Waals surface area (Å²) in [5, 5.41) is 3.39. The molecule has 194 valence electrons. The molecule has 2 aliphatic heterocycles. The first-order valence-electron chi connectivity index (χ1n) is 12.2. The number of esters is 2. The second-order valence-electron chi connectivity index (χ2n) is 9.17. The maximum Gasteiger partial charge on any atom is 0.325 e. The normalized spacial score (nSPS) is 19.1. The average molecular weight is 513 g/mol. The fourth-order valence-corrected chi connectivity index (χ4v) is 5.44. The van der Waals surface area contributed by atoms with E-state index >= 15 is 0 Å². The molecule has 3 aromatic rings. The van der Waals surface area contributed by atoms with Crippen molar-refractivity contribution in [2.45, 2.75) is 18.5 Å². The Morgan fingerprint density at radius 3 is 2.08 bits per heavy atom. The predicted molar refractivity (Wildman–Crippen MR) is 141 cm³/mol. The van der Waals surface area contributed by atoms with Gasteiger partial charge in [0.05, 0.1) is 39.1 Å². The smallest absolute Gasteiger partial charge is 0.325 e. The summed E-state index contributed by atoms with van der Waals surface area (Å²) in [6, 6.07) is 22.2. The Labute approximate surface area is 221 Å². The van der Waals surface area contributed by atoms with Gasteiger partial charge in [0.2, 0.25) is 0 Å². The van der Waals surface area contributed by atoms with Gasteiger partial charge in [-0.05, 0) is 41.5 Å². The monoisotopic (exact) mass is 512 g/mol. The lowest BCUT2D eigenvalue weighted by Crippen LogP contribution is -2.68. The van der Waals surface area contributed by atoms with E-state index in [2.05, 4.69) is 0 Å². The van der Waals surface area contributed by atoms with Gasteiger partial charge in [-0.25, -0.2) is 5.01 Å². The van der Waals surface area contributed by atoms with Gasteiger partial charge in [-0.15, -0.1) is 0 Å². The number of nitrogens with zero attached hydrogens (tertiary/aromatic N) is 2. The minimum atomic E-state index is -1.73. The predicted octanol–water partition coefficient (Wildman–Crippen LogP) is 4.43. The van der Waals surface area contributed by atoms with Gasteiger partial charge in [-0.3, -0.25) is 19.4 Å². The van der Waals surface area contributed by atoms with Gasteiger partial charge >= 0.3 is 11.9 Å². The van der Waals surface area contributed by atoms with Crippen molar-refractivity contribution in [1.29, 1.82) is 0 Å². The van der Waals surface area contributed by atoms with Crippen LogP contribution in [0.4, 0.5) is 5.69 Å². The number of para-hydroxylation sites is 1. The Kier molecular flexibility index (Phi) is 6.63. The van der Waals surface area contributed by atoms with Crippen molar-refractivity contribution >= 4 is 29.6 Å². The second-order valence-corrected chi connectivity index (χ2v) is 9.17. The fraction of sp³-hybridized carbons (Fsp3) is 0.233. The summed E-state index contributed by atoms with van der Waals surface area (Å²) in [5.74, 6) is -1.11. The van der Waals surface area contributed by atoms with Gasteiger partial charge < -0.3 is 14.2 Å². The number of carbonyl (C=O) groups excluding carboxylic acids is 3. The molecule has 2 atom stereocenters. The number of hydrazine groups is 1. The number of fused-ring (bicyclic) bond motifs is 3. The van der Waals surface area contributed by atoms with Gasteiger partial charge in [0.15, 0.2) is 5.41 Å². The Hall–Kier alpha value is -4.59. The number of anilines is 1. The first-order valence-corrected chi connectivity index (χ1v) is 12.2. The van der Waals surface area contributed by atoms with E-state index in [-0.39, 0.29) is 12.3 Å². The topological polar surface area (TPSA) is 85.4 Å². The molecule has 0 N–H and O–H groups in total. The summed E-state index contributed by atoms with van der Waals surface area (Å²) in [7, 11) is 4.07. The Balaban J connectivity index is 1.77. The van der Waals surface area contributed by atoms with Gasteiger partial charge in [0.25, 0.3) is 5.91 Å². The van der Waals surface area contributed by atoms with Crippen molar-refractivity contribution in [3.63, 3.8) is 0 Å². The third-order valence-corrected chi connectivity index (χ3v) is 7.28. The molecule has 8 heteroatoms. The molecule has 38 heavy (non-hydrogen) atoms. The number of hydrogen-bond donors (Lipinski definition) is 0. The van der Waals surface area contributed by atoms with Crippen LogP contribution < -0.4 is 9.75 Å². The SMILES string of the molecule is COC(=O)C1(C(=O)OC)C[C@H](c2ccccc2)N(C(=O)c2ccc(OC)cc2)N2c3ccccc3C=C[C@H]21. The Bertz CT molecular complexity index is 1370. The summed E-state index contributed by atoms with van der Waals surface area (Å²) < 4.78 is 15.7. The van der Waals surface area contributed by atoms with Gasteiger partial charge in [0, 0.05) is 12.0 Å². The molecule has 1 fully saturated rings. The lowest BCUT2D eigenvalue weighted by Gasteiger charge is -2.56. The third kappa shape index (κ3) is 3.89. The molecule has 0 aliphatic carbocycles. The quantitative estimate of drug-likeness (QED) is 0.369. The molecular formula is C30H28N2O6. The highest BCUT2D eigenvalue weighted by atomic mass is 16.5. The lowest BCUT2D eigenvalue weighted by atomic mass is 9.70. The maximum absolute atomic E-state index is 14.3. The number of rotatable bonds is 5. The zero-order chi connectivity index (χ0) is 26.9. The molecule has 0 bridgehead atoms. The summed E-state index contributed by atoms with van der Waals surface area (Å²) in [6.45, 7) is 0. The standard InChI is InChI=1S/C30H28N2O6/c1-36-23-16-13-22(14-17-23)27(33)32-25(20-9-5-4-6-10-20)19-30(28(34)37-2,29(35)38-3)26-18-15-21-11-7-8-12-24(21)31(26)32/h4-18,25-26H,19H2,1-3H3/t25-,26+/m1/s1. The number of methoxy groups -OCH3 is 3. The van der Waals surface area contributed by atoms with Gasteiger partial charge in [0.1, 0.15) is 5.75 Å². The van der Waals surface area contributed by atoms with Crippen molar-refractivity contribution < 1.29 is 28.6 Å². The molecule has 0 aromatic heterocycles. The molecule has 1 saturated heterocycles. The minimum absolute atomic E-state index is 0.0358. The molecule has 1 amide bonds. The molecule has 2 heterocycles. The number of ether oxygens (including phenoxy) is 3. The Morgan fingerprint density at radius 2 is 1.45 bits per heavy atom. The van der Waals surface area contributed by atoms with Crippen LogP contribution in [0.2, 0.25) is 0 Å². The molecule has 0 unspecified atom stereocenters. The van der Waals surface area contributed by atoms with Gasteiger partial charge in [-0.1, -0.05) is 60.7 Å². The van der Waals surface area contributed by atoms with Crippen molar-refractivity contribution in [3.05, 3.63) is 102 Å². The zero-order valence-electron chi connectivity index (χ0n) is 21.4. The van der Waals surface area contributed by atoms with Crippen LogP contribution >= 0.6 is 0 Å². The highest BCUT2D eigenvalue weighted by Crippen LogP contribution is 2.51. The summed E-state index contributed by atoms with van der Waals surface area (Å²) in [4.78, 5) is 41.4. The van der Waals surface area contributed by atoms with Crippen LogP contribution in [0, 0.1) is 5.41 Å².